The van der Waals surface area contributed by atoms with Crippen LogP contribution < -0.4 is 20.9 Å². The van der Waals surface area contributed by atoms with Gasteiger partial charge in [-0.15, -0.1) is 11.3 Å². The van der Waals surface area contributed by atoms with Crippen LogP contribution in [-0.2, 0) is 11.2 Å². The van der Waals surface area contributed by atoms with E-state index in [9.17, 15) is 9.59 Å². The van der Waals surface area contributed by atoms with Gasteiger partial charge in [0.25, 0.3) is 0 Å². The number of ketones is 1. The number of anilines is 2. The lowest BCUT2D eigenvalue weighted by atomic mass is 9.75. The highest BCUT2D eigenvalue weighted by Gasteiger charge is 2.37. The van der Waals surface area contributed by atoms with Crippen molar-refractivity contribution in [3.05, 3.63) is 53.0 Å². The summed E-state index contributed by atoms with van der Waals surface area (Å²) < 4.78 is 5.63. The molecule has 3 aromatic rings. The Labute approximate surface area is 239 Å². The van der Waals surface area contributed by atoms with E-state index in [0.717, 1.165) is 89.0 Å². The first-order chi connectivity index (χ1) is 19.4. The number of nitrogens with zero attached hydrogens (tertiary/aromatic N) is 2. The number of ether oxygens (including phenoxy) is 1. The number of nitrogens with one attached hydrogen (secondary N) is 3. The minimum absolute atomic E-state index is 0.0766. The summed E-state index contributed by atoms with van der Waals surface area (Å²) in [5.74, 6) is 0.243. The minimum atomic E-state index is -0.182. The van der Waals surface area contributed by atoms with Crippen LogP contribution >= 0.6 is 11.3 Å². The fraction of sp³-hybridized carbons (Fsp3) is 0.452. The summed E-state index contributed by atoms with van der Waals surface area (Å²) in [6.07, 6.45) is 5.16. The van der Waals surface area contributed by atoms with Gasteiger partial charge in [0.15, 0.2) is 5.78 Å². The third kappa shape index (κ3) is 5.77. The number of hydrogen-bond acceptors (Lipinski definition) is 7. The Bertz CT molecular complexity index is 1410. The van der Waals surface area contributed by atoms with Crippen molar-refractivity contribution in [1.29, 1.82) is 0 Å². The Morgan fingerprint density at radius 1 is 1.10 bits per heavy atom. The average Bonchev–Trinajstić information content (AvgIpc) is 3.33. The molecule has 210 valence electrons. The van der Waals surface area contributed by atoms with Gasteiger partial charge < -0.3 is 25.6 Å². The number of hydrogen-bond donors (Lipinski definition) is 3. The standard InChI is InChI=1S/C31H37N5O3S/c1-31(2)18-24-27(29(36-12-14-39-15-13-36)40-28(24)26(37)19-31)21-6-11-33-25(17-21)20-4-3-5-23(16-20)35-30(38)34-22-7-9-32-10-8-22/h3-6,11,16-17,22,32H,7-10,12-15,18-19H2,1-2H3,(H2,34,35,38). The number of carbonyl (C=O) groups is 2. The number of benzene rings is 1. The topological polar surface area (TPSA) is 95.6 Å². The van der Waals surface area contributed by atoms with Crippen molar-refractivity contribution in [2.45, 2.75) is 45.6 Å². The number of thiophene rings is 1. The summed E-state index contributed by atoms with van der Waals surface area (Å²) in [5.41, 5.74) is 5.79. The van der Waals surface area contributed by atoms with Gasteiger partial charge in [-0.05, 0) is 73.2 Å². The van der Waals surface area contributed by atoms with Gasteiger partial charge in [0.2, 0.25) is 0 Å². The molecule has 40 heavy (non-hydrogen) atoms. The summed E-state index contributed by atoms with van der Waals surface area (Å²) >= 11 is 1.64. The number of Topliss-reactive ketones (excluding diaryl/α,β-unsaturated/α-hetero) is 1. The lowest BCUT2D eigenvalue weighted by molar-refractivity contribution is 0.0918. The van der Waals surface area contributed by atoms with Crippen molar-refractivity contribution in [3.8, 4) is 22.4 Å². The van der Waals surface area contributed by atoms with Crippen LogP contribution in [0, 0.1) is 5.41 Å². The number of amides is 2. The van der Waals surface area contributed by atoms with Crippen molar-refractivity contribution >= 4 is 33.8 Å². The Kier molecular flexibility index (Phi) is 7.61. The van der Waals surface area contributed by atoms with E-state index in [0.29, 0.717) is 19.6 Å². The lowest BCUT2D eigenvalue weighted by Crippen LogP contribution is -2.44. The normalized spacial score (nSPS) is 19.2. The second kappa shape index (κ2) is 11.3. The van der Waals surface area contributed by atoms with Crippen molar-refractivity contribution in [3.63, 3.8) is 0 Å². The fourth-order valence-electron chi connectivity index (χ4n) is 6.01. The number of carbonyl (C=O) groups excluding carboxylic acids is 2. The van der Waals surface area contributed by atoms with Crippen molar-refractivity contribution in [1.82, 2.24) is 15.6 Å². The van der Waals surface area contributed by atoms with E-state index in [2.05, 4.69) is 46.8 Å². The van der Waals surface area contributed by atoms with E-state index in [1.165, 1.54) is 0 Å². The highest BCUT2D eigenvalue weighted by atomic mass is 32.1. The Hall–Kier alpha value is -3.27. The zero-order valence-electron chi connectivity index (χ0n) is 23.2. The fourth-order valence-corrected chi connectivity index (χ4v) is 7.34. The van der Waals surface area contributed by atoms with E-state index >= 15 is 0 Å². The molecule has 2 aliphatic heterocycles. The zero-order valence-corrected chi connectivity index (χ0v) is 24.0. The predicted molar refractivity (Wildman–Crippen MR) is 160 cm³/mol. The molecule has 3 aliphatic rings. The summed E-state index contributed by atoms with van der Waals surface area (Å²) in [5, 5.41) is 10.6. The quantitative estimate of drug-likeness (QED) is 0.391. The molecule has 0 atom stereocenters. The highest BCUT2D eigenvalue weighted by Crippen LogP contribution is 2.49. The molecule has 0 bridgehead atoms. The molecule has 0 spiro atoms. The van der Waals surface area contributed by atoms with Gasteiger partial charge in [-0.25, -0.2) is 4.79 Å². The first-order valence-corrected chi connectivity index (χ1v) is 15.0. The summed E-state index contributed by atoms with van der Waals surface area (Å²) in [6, 6.07) is 12.0. The minimum Gasteiger partial charge on any atom is -0.378 e. The summed E-state index contributed by atoms with van der Waals surface area (Å²) in [7, 11) is 0. The molecule has 2 aromatic heterocycles. The molecule has 4 heterocycles. The molecule has 3 N–H and O–H groups in total. The second-order valence-corrected chi connectivity index (χ2v) is 12.8. The molecule has 0 saturated carbocycles. The smallest absolute Gasteiger partial charge is 0.319 e. The van der Waals surface area contributed by atoms with Crippen LogP contribution in [0.3, 0.4) is 0 Å². The number of aromatic nitrogens is 1. The van der Waals surface area contributed by atoms with E-state index in [4.69, 9.17) is 9.72 Å². The largest absolute Gasteiger partial charge is 0.378 e. The maximum Gasteiger partial charge on any atom is 0.319 e. The molecule has 8 nitrogen and oxygen atoms in total. The first kappa shape index (κ1) is 26.9. The second-order valence-electron chi connectivity index (χ2n) is 11.8. The molecule has 1 aliphatic carbocycles. The molecule has 0 unspecified atom stereocenters. The van der Waals surface area contributed by atoms with Crippen LogP contribution in [0.25, 0.3) is 22.4 Å². The monoisotopic (exact) mass is 559 g/mol. The number of pyridine rings is 1. The van der Waals surface area contributed by atoms with Crippen LogP contribution in [0.15, 0.2) is 42.6 Å². The molecule has 6 rings (SSSR count). The van der Waals surface area contributed by atoms with Gasteiger partial charge in [0.05, 0.1) is 28.8 Å². The Morgan fingerprint density at radius 3 is 2.70 bits per heavy atom. The Balaban J connectivity index is 1.31. The Morgan fingerprint density at radius 2 is 1.90 bits per heavy atom. The number of rotatable bonds is 5. The first-order valence-electron chi connectivity index (χ1n) is 14.2. The van der Waals surface area contributed by atoms with Gasteiger partial charge >= 0.3 is 6.03 Å². The van der Waals surface area contributed by atoms with Gasteiger partial charge in [-0.2, -0.15) is 0 Å². The third-order valence-electron chi connectivity index (χ3n) is 7.97. The van der Waals surface area contributed by atoms with E-state index < -0.39 is 0 Å². The number of fused-ring (bicyclic) bond motifs is 1. The highest BCUT2D eigenvalue weighted by molar-refractivity contribution is 7.19. The number of morpholine rings is 1. The molecule has 2 saturated heterocycles. The molecule has 9 heteroatoms. The van der Waals surface area contributed by atoms with Gasteiger partial charge in [-0.1, -0.05) is 26.0 Å². The van der Waals surface area contributed by atoms with E-state index in [-0.39, 0.29) is 23.3 Å². The SMILES string of the molecule is CC1(C)CC(=O)c2sc(N3CCOCC3)c(-c3ccnc(-c4cccc(NC(=O)NC5CCNCC5)c4)c3)c2C1. The van der Waals surface area contributed by atoms with Crippen LogP contribution in [0.4, 0.5) is 15.5 Å². The van der Waals surface area contributed by atoms with Gasteiger partial charge in [0.1, 0.15) is 0 Å². The maximum absolute atomic E-state index is 13.2. The van der Waals surface area contributed by atoms with Crippen molar-refractivity contribution < 1.29 is 14.3 Å². The number of urea groups is 1. The average molecular weight is 560 g/mol. The molecular weight excluding hydrogens is 522 g/mol. The van der Waals surface area contributed by atoms with Crippen LogP contribution in [-0.4, -0.2) is 62.2 Å². The molecule has 1 aromatic carbocycles. The lowest BCUT2D eigenvalue weighted by Gasteiger charge is -2.30. The molecule has 2 fully saturated rings. The molecule has 0 radical (unpaired) electrons. The van der Waals surface area contributed by atoms with E-state index in [1.54, 1.807) is 11.3 Å². The van der Waals surface area contributed by atoms with Gasteiger partial charge in [0, 0.05) is 48.6 Å². The summed E-state index contributed by atoms with van der Waals surface area (Å²) in [6.45, 7) is 9.22. The van der Waals surface area contributed by atoms with E-state index in [1.807, 2.05) is 30.5 Å². The van der Waals surface area contributed by atoms with Crippen molar-refractivity contribution in [2.75, 3.05) is 49.6 Å². The van der Waals surface area contributed by atoms with Crippen LogP contribution in [0.1, 0.15) is 48.3 Å². The zero-order chi connectivity index (χ0) is 27.7. The number of piperidine rings is 1. The van der Waals surface area contributed by atoms with Crippen molar-refractivity contribution in [2.24, 2.45) is 5.41 Å². The van der Waals surface area contributed by atoms with Gasteiger partial charge in [-0.3, -0.25) is 9.78 Å². The summed E-state index contributed by atoms with van der Waals surface area (Å²) in [4.78, 5) is 33.8. The third-order valence-corrected chi connectivity index (χ3v) is 9.31. The molecular formula is C31H37N5O3S. The predicted octanol–water partition coefficient (Wildman–Crippen LogP) is 5.34. The molecule has 2 amide bonds. The van der Waals surface area contributed by atoms with Crippen LogP contribution in [0.5, 0.6) is 0 Å². The maximum atomic E-state index is 13.2. The van der Waals surface area contributed by atoms with Crippen LogP contribution in [0.2, 0.25) is 0 Å².